The van der Waals surface area contributed by atoms with Crippen LogP contribution in [-0.4, -0.2) is 16.5 Å². The summed E-state index contributed by atoms with van der Waals surface area (Å²) >= 11 is 0. The summed E-state index contributed by atoms with van der Waals surface area (Å²) in [6.45, 7) is 0. The molecule has 114 valence electrons. The molecule has 3 nitrogen and oxygen atoms in total. The van der Waals surface area contributed by atoms with Gasteiger partial charge in [-0.05, 0) is 30.5 Å². The molecule has 1 fully saturated rings. The summed E-state index contributed by atoms with van der Waals surface area (Å²) in [6, 6.07) is 16.0. The van der Waals surface area contributed by atoms with Gasteiger partial charge in [0.1, 0.15) is 5.49 Å². The summed E-state index contributed by atoms with van der Waals surface area (Å²) in [6.07, 6.45) is 8.32. The van der Waals surface area contributed by atoms with Gasteiger partial charge in [-0.25, -0.2) is 0 Å². The molecule has 1 aromatic heterocycles. The molecule has 0 unspecified atom stereocenters. The first kappa shape index (κ1) is 14.8. The van der Waals surface area contributed by atoms with Crippen molar-refractivity contribution in [2.24, 2.45) is 4.99 Å². The van der Waals surface area contributed by atoms with Crippen molar-refractivity contribution in [2.75, 3.05) is 0 Å². The molecule has 0 spiro atoms. The molecule has 0 saturated heterocycles. The Balaban J connectivity index is 1.84. The molecule has 3 rings (SSSR count). The molecule has 3 heteroatoms. The predicted molar refractivity (Wildman–Crippen MR) is 87.6 cm³/mol. The molecule has 0 aliphatic heterocycles. The maximum Gasteiger partial charge on any atom is 0.236 e. The Morgan fingerprint density at radius 2 is 1.73 bits per heavy atom. The number of benzene rings is 1. The van der Waals surface area contributed by atoms with E-state index in [1.54, 1.807) is 4.57 Å². The minimum atomic E-state index is 0.0707. The van der Waals surface area contributed by atoms with Crippen molar-refractivity contribution in [1.82, 2.24) is 4.57 Å². The van der Waals surface area contributed by atoms with E-state index < -0.39 is 0 Å². The van der Waals surface area contributed by atoms with Crippen molar-refractivity contribution < 1.29 is 4.79 Å². The third-order valence-electron chi connectivity index (χ3n) is 4.19. The summed E-state index contributed by atoms with van der Waals surface area (Å²) < 4.78 is 1.70. The Hall–Kier alpha value is -2.16. The van der Waals surface area contributed by atoms with Crippen LogP contribution < -0.4 is 5.49 Å². The summed E-state index contributed by atoms with van der Waals surface area (Å²) in [5.41, 5.74) is 1.82. The lowest BCUT2D eigenvalue weighted by molar-refractivity contribution is 0.0908. The molecule has 0 bridgehead atoms. The van der Waals surface area contributed by atoms with Gasteiger partial charge in [0.25, 0.3) is 0 Å². The van der Waals surface area contributed by atoms with Crippen LogP contribution >= 0.6 is 0 Å². The van der Waals surface area contributed by atoms with Crippen molar-refractivity contribution in [3.8, 4) is 0 Å². The van der Waals surface area contributed by atoms with Crippen LogP contribution in [0.4, 0.5) is 0 Å². The van der Waals surface area contributed by atoms with E-state index in [0.717, 1.165) is 23.9 Å². The smallest absolute Gasteiger partial charge is 0.236 e. The van der Waals surface area contributed by atoms with Crippen molar-refractivity contribution in [2.45, 2.75) is 44.6 Å². The maximum absolute atomic E-state index is 12.6. The fourth-order valence-corrected chi connectivity index (χ4v) is 3.00. The summed E-state index contributed by atoms with van der Waals surface area (Å²) in [5, 5.41) is 0. The van der Waals surface area contributed by atoms with Crippen molar-refractivity contribution in [1.29, 1.82) is 0 Å². The summed E-state index contributed by atoms with van der Waals surface area (Å²) in [4.78, 5) is 17.4. The van der Waals surface area contributed by atoms with E-state index in [-0.39, 0.29) is 5.91 Å². The van der Waals surface area contributed by atoms with Gasteiger partial charge in [-0.3, -0.25) is 14.4 Å². The van der Waals surface area contributed by atoms with E-state index in [2.05, 4.69) is 0 Å². The molecule has 1 heterocycles. The van der Waals surface area contributed by atoms with E-state index in [0.29, 0.717) is 12.5 Å². The topological polar surface area (TPSA) is 34.4 Å². The van der Waals surface area contributed by atoms with Gasteiger partial charge in [-0.15, -0.1) is 0 Å². The Kier molecular flexibility index (Phi) is 4.84. The van der Waals surface area contributed by atoms with Gasteiger partial charge in [-0.1, -0.05) is 55.7 Å². The van der Waals surface area contributed by atoms with Crippen LogP contribution in [0.3, 0.4) is 0 Å². The lowest BCUT2D eigenvalue weighted by Gasteiger charge is -2.17. The molecule has 1 aromatic carbocycles. The molecule has 22 heavy (non-hydrogen) atoms. The first-order chi connectivity index (χ1) is 10.8. The molecule has 1 aliphatic rings. The first-order valence-corrected chi connectivity index (χ1v) is 8.11. The van der Waals surface area contributed by atoms with Crippen LogP contribution in [0.2, 0.25) is 0 Å². The van der Waals surface area contributed by atoms with E-state index in [4.69, 9.17) is 4.99 Å². The second kappa shape index (κ2) is 7.21. The lowest BCUT2D eigenvalue weighted by atomic mass is 9.96. The second-order valence-electron chi connectivity index (χ2n) is 5.91. The van der Waals surface area contributed by atoms with Gasteiger partial charge in [0.05, 0.1) is 12.5 Å². The number of aromatic nitrogens is 1. The van der Waals surface area contributed by atoms with E-state index in [9.17, 15) is 4.79 Å². The number of pyridine rings is 1. The van der Waals surface area contributed by atoms with Crippen molar-refractivity contribution >= 4 is 5.91 Å². The molecule has 0 radical (unpaired) electrons. The van der Waals surface area contributed by atoms with Crippen LogP contribution in [0, 0.1) is 0 Å². The quantitative estimate of drug-likeness (QED) is 0.851. The number of rotatable bonds is 3. The fourth-order valence-electron chi connectivity index (χ4n) is 3.00. The minimum absolute atomic E-state index is 0.0707. The lowest BCUT2D eigenvalue weighted by Crippen LogP contribution is -2.29. The Morgan fingerprint density at radius 3 is 2.50 bits per heavy atom. The highest BCUT2D eigenvalue weighted by Gasteiger charge is 2.13. The van der Waals surface area contributed by atoms with Gasteiger partial charge in [0.15, 0.2) is 0 Å². The van der Waals surface area contributed by atoms with Gasteiger partial charge in [0.2, 0.25) is 5.91 Å². The van der Waals surface area contributed by atoms with E-state index >= 15 is 0 Å². The zero-order valence-electron chi connectivity index (χ0n) is 12.8. The zero-order chi connectivity index (χ0) is 15.2. The molecule has 0 atom stereocenters. The fraction of sp³-hybridized carbons (Fsp3) is 0.368. The average Bonchev–Trinajstić information content (AvgIpc) is 2.57. The monoisotopic (exact) mass is 294 g/mol. The van der Waals surface area contributed by atoms with Gasteiger partial charge in [0, 0.05) is 6.20 Å². The first-order valence-electron chi connectivity index (χ1n) is 8.11. The van der Waals surface area contributed by atoms with Crippen LogP contribution in [0.1, 0.15) is 42.5 Å². The SMILES string of the molecule is O=C(Cc1ccccc1)n1ccccc1=NC1CCCCC1. The number of carbonyl (C=O) groups is 1. The highest BCUT2D eigenvalue weighted by atomic mass is 16.2. The molecule has 0 N–H and O–H groups in total. The van der Waals surface area contributed by atoms with Crippen LogP contribution in [0.15, 0.2) is 59.7 Å². The molecule has 2 aromatic rings. The number of hydrogen-bond donors (Lipinski definition) is 0. The van der Waals surface area contributed by atoms with Gasteiger partial charge >= 0.3 is 0 Å². The molecular formula is C19H22N2O. The maximum atomic E-state index is 12.6. The molecule has 0 amide bonds. The zero-order valence-corrected chi connectivity index (χ0v) is 12.8. The normalized spacial score (nSPS) is 16.6. The number of hydrogen-bond acceptors (Lipinski definition) is 2. The Morgan fingerprint density at radius 1 is 1.00 bits per heavy atom. The Bertz CT molecular complexity index is 682. The van der Waals surface area contributed by atoms with Crippen molar-refractivity contribution in [3.05, 3.63) is 65.8 Å². The van der Waals surface area contributed by atoms with E-state index in [1.165, 1.54) is 19.3 Å². The van der Waals surface area contributed by atoms with Crippen LogP contribution in [0.5, 0.6) is 0 Å². The summed E-state index contributed by atoms with van der Waals surface area (Å²) in [7, 11) is 0. The largest absolute Gasteiger partial charge is 0.274 e. The third-order valence-corrected chi connectivity index (χ3v) is 4.19. The average molecular weight is 294 g/mol. The van der Waals surface area contributed by atoms with Gasteiger partial charge in [-0.2, -0.15) is 0 Å². The minimum Gasteiger partial charge on any atom is -0.274 e. The van der Waals surface area contributed by atoms with Gasteiger partial charge < -0.3 is 0 Å². The predicted octanol–water partition coefficient (Wildman–Crippen LogP) is 3.60. The highest BCUT2D eigenvalue weighted by molar-refractivity contribution is 5.81. The van der Waals surface area contributed by atoms with Crippen LogP contribution in [0.25, 0.3) is 0 Å². The van der Waals surface area contributed by atoms with E-state index in [1.807, 2.05) is 54.7 Å². The highest BCUT2D eigenvalue weighted by Crippen LogP contribution is 2.19. The number of nitrogens with zero attached hydrogens (tertiary/aromatic N) is 2. The number of carbonyl (C=O) groups excluding carboxylic acids is 1. The van der Waals surface area contributed by atoms with Crippen LogP contribution in [-0.2, 0) is 6.42 Å². The second-order valence-corrected chi connectivity index (χ2v) is 5.91. The Labute approximate surface area is 131 Å². The molecule has 1 saturated carbocycles. The third kappa shape index (κ3) is 3.73. The van der Waals surface area contributed by atoms with Crippen molar-refractivity contribution in [3.63, 3.8) is 0 Å². The summed E-state index contributed by atoms with van der Waals surface area (Å²) in [5.74, 6) is 0.0707. The molecular weight excluding hydrogens is 272 g/mol. The molecule has 1 aliphatic carbocycles. The standard InChI is InChI=1S/C19H22N2O/c22-19(15-16-9-3-1-4-10-16)21-14-8-7-13-18(21)20-17-11-5-2-6-12-17/h1,3-4,7-10,13-14,17H,2,5-6,11-12,15H2.